The SMILES string of the molecule is Cc1nc(N[C@H](C)c2cccc(C#N)c2C)c(C2OC=CO2)c(C(OC2(C)CC2)C(=O)NN2CCOCC2)n1. The summed E-state index contributed by atoms with van der Waals surface area (Å²) in [6.45, 7) is 9.91. The molecule has 3 heterocycles. The minimum Gasteiger partial charge on any atom is -0.455 e. The number of hydrogen-bond acceptors (Lipinski definition) is 10. The minimum absolute atomic E-state index is 0.226. The molecule has 1 amide bonds. The first-order chi connectivity index (χ1) is 18.8. The average molecular weight is 535 g/mol. The van der Waals surface area contributed by atoms with Crippen molar-refractivity contribution in [2.75, 3.05) is 31.6 Å². The number of aromatic nitrogens is 2. The van der Waals surface area contributed by atoms with Crippen molar-refractivity contribution >= 4 is 11.7 Å². The Balaban J connectivity index is 1.54. The molecule has 206 valence electrons. The number of nitrogens with one attached hydrogen (secondary N) is 2. The van der Waals surface area contributed by atoms with E-state index in [9.17, 15) is 10.1 Å². The molecule has 1 saturated carbocycles. The molecule has 3 aliphatic rings. The third-order valence-corrected chi connectivity index (χ3v) is 7.22. The van der Waals surface area contributed by atoms with Crippen molar-refractivity contribution in [2.45, 2.75) is 64.6 Å². The van der Waals surface area contributed by atoms with Crippen LogP contribution < -0.4 is 10.7 Å². The Kier molecular flexibility index (Phi) is 7.70. The van der Waals surface area contributed by atoms with Crippen LogP contribution in [-0.4, -0.2) is 52.8 Å². The normalized spacial score (nSPS) is 19.9. The molecule has 2 aromatic rings. The molecule has 5 rings (SSSR count). The molecule has 1 unspecified atom stereocenters. The summed E-state index contributed by atoms with van der Waals surface area (Å²) < 4.78 is 23.4. The number of hydrazine groups is 1. The standard InChI is InChI=1S/C28H34N6O5/c1-17-20(16-29)6-5-7-21(17)18(2)30-25-22(27-37-14-15-38-27)23(31-19(3)32-25)24(39-28(4)8-9-28)26(35)33-34-10-12-36-13-11-34/h5-7,14-15,18,24,27H,8-13H2,1-4H3,(H,33,35)(H,30,31,32)/t18-,24?/m1/s1. The van der Waals surface area contributed by atoms with Crippen LogP contribution in [0.25, 0.3) is 0 Å². The lowest BCUT2D eigenvalue weighted by Gasteiger charge is -2.31. The van der Waals surface area contributed by atoms with Crippen molar-refractivity contribution in [3.63, 3.8) is 0 Å². The molecule has 11 heteroatoms. The number of anilines is 1. The maximum Gasteiger partial charge on any atom is 0.271 e. The highest BCUT2D eigenvalue weighted by atomic mass is 16.7. The van der Waals surface area contributed by atoms with Crippen molar-refractivity contribution < 1.29 is 23.7 Å². The summed E-state index contributed by atoms with van der Waals surface area (Å²) in [6, 6.07) is 7.65. The number of morpholine rings is 1. The highest BCUT2D eigenvalue weighted by molar-refractivity contribution is 5.82. The number of aryl methyl sites for hydroxylation is 1. The van der Waals surface area contributed by atoms with E-state index in [4.69, 9.17) is 28.9 Å². The fraction of sp³-hybridized carbons (Fsp3) is 0.500. The average Bonchev–Trinajstić information content (AvgIpc) is 3.40. The van der Waals surface area contributed by atoms with Gasteiger partial charge in [-0.05, 0) is 57.7 Å². The van der Waals surface area contributed by atoms with E-state index in [1.165, 1.54) is 12.5 Å². The highest BCUT2D eigenvalue weighted by Crippen LogP contribution is 2.45. The van der Waals surface area contributed by atoms with Gasteiger partial charge in [-0.15, -0.1) is 0 Å². The topological polar surface area (TPSA) is 131 Å². The van der Waals surface area contributed by atoms with Crippen molar-refractivity contribution in [1.29, 1.82) is 5.26 Å². The van der Waals surface area contributed by atoms with E-state index in [0.29, 0.717) is 54.8 Å². The van der Waals surface area contributed by atoms with Crippen LogP contribution in [0.3, 0.4) is 0 Å². The van der Waals surface area contributed by atoms with Gasteiger partial charge in [0.05, 0.1) is 47.7 Å². The lowest BCUT2D eigenvalue weighted by atomic mass is 9.98. The summed E-state index contributed by atoms with van der Waals surface area (Å²) in [5.41, 5.74) is 5.88. The van der Waals surface area contributed by atoms with Crippen molar-refractivity contribution in [2.24, 2.45) is 0 Å². The van der Waals surface area contributed by atoms with Gasteiger partial charge < -0.3 is 24.3 Å². The zero-order valence-electron chi connectivity index (χ0n) is 22.7. The molecule has 0 bridgehead atoms. The number of rotatable bonds is 9. The van der Waals surface area contributed by atoms with E-state index >= 15 is 0 Å². The molecule has 1 saturated heterocycles. The summed E-state index contributed by atoms with van der Waals surface area (Å²) in [7, 11) is 0. The first-order valence-corrected chi connectivity index (χ1v) is 13.2. The first kappa shape index (κ1) is 26.9. The Morgan fingerprint density at radius 1 is 1.21 bits per heavy atom. The van der Waals surface area contributed by atoms with E-state index in [1.54, 1.807) is 13.0 Å². The summed E-state index contributed by atoms with van der Waals surface area (Å²) in [6.07, 6.45) is 2.72. The second-order valence-electron chi connectivity index (χ2n) is 10.3. The molecule has 1 aromatic heterocycles. The van der Waals surface area contributed by atoms with Crippen LogP contribution in [0.4, 0.5) is 5.82 Å². The number of benzene rings is 1. The van der Waals surface area contributed by atoms with Crippen LogP contribution in [0, 0.1) is 25.2 Å². The third kappa shape index (κ3) is 5.98. The maximum atomic E-state index is 13.7. The van der Waals surface area contributed by atoms with Gasteiger partial charge >= 0.3 is 0 Å². The number of carbonyl (C=O) groups is 1. The zero-order chi connectivity index (χ0) is 27.6. The Hall–Kier alpha value is -3.72. The molecule has 0 spiro atoms. The van der Waals surface area contributed by atoms with Gasteiger partial charge in [0.15, 0.2) is 6.10 Å². The van der Waals surface area contributed by atoms with Crippen LogP contribution in [0.2, 0.25) is 0 Å². The number of nitriles is 1. The van der Waals surface area contributed by atoms with Crippen molar-refractivity contribution in [3.8, 4) is 6.07 Å². The Morgan fingerprint density at radius 3 is 2.59 bits per heavy atom. The third-order valence-electron chi connectivity index (χ3n) is 7.22. The smallest absolute Gasteiger partial charge is 0.271 e. The summed E-state index contributed by atoms with van der Waals surface area (Å²) in [5.74, 6) is 0.603. The van der Waals surface area contributed by atoms with Crippen LogP contribution in [0.15, 0.2) is 30.7 Å². The molecule has 11 nitrogen and oxygen atoms in total. The molecule has 1 aromatic carbocycles. The lowest BCUT2D eigenvalue weighted by molar-refractivity contribution is -0.146. The fourth-order valence-corrected chi connectivity index (χ4v) is 4.75. The lowest BCUT2D eigenvalue weighted by Crippen LogP contribution is -2.50. The predicted octanol–water partition coefficient (Wildman–Crippen LogP) is 3.63. The number of carbonyl (C=O) groups excluding carboxylic acids is 1. The monoisotopic (exact) mass is 534 g/mol. The zero-order valence-corrected chi connectivity index (χ0v) is 22.7. The Labute approximate surface area is 228 Å². The predicted molar refractivity (Wildman–Crippen MR) is 141 cm³/mol. The van der Waals surface area contributed by atoms with Crippen LogP contribution in [0.1, 0.15) is 78.9 Å². The minimum atomic E-state index is -1.02. The second-order valence-corrected chi connectivity index (χ2v) is 10.3. The summed E-state index contributed by atoms with van der Waals surface area (Å²) in [4.78, 5) is 23.2. The van der Waals surface area contributed by atoms with Gasteiger partial charge in [0.25, 0.3) is 12.2 Å². The van der Waals surface area contributed by atoms with E-state index in [-0.39, 0.29) is 11.9 Å². The molecule has 2 aliphatic heterocycles. The van der Waals surface area contributed by atoms with E-state index in [2.05, 4.69) is 16.8 Å². The largest absolute Gasteiger partial charge is 0.455 e. The number of nitrogens with zero attached hydrogens (tertiary/aromatic N) is 4. The molecule has 2 N–H and O–H groups in total. The highest BCUT2D eigenvalue weighted by Gasteiger charge is 2.45. The second kappa shape index (κ2) is 11.2. The first-order valence-electron chi connectivity index (χ1n) is 13.2. The van der Waals surface area contributed by atoms with E-state index < -0.39 is 18.0 Å². The molecule has 1 aliphatic carbocycles. The van der Waals surface area contributed by atoms with Gasteiger partial charge in [0.2, 0.25) is 0 Å². The van der Waals surface area contributed by atoms with Gasteiger partial charge in [-0.2, -0.15) is 5.26 Å². The molecule has 2 fully saturated rings. The van der Waals surface area contributed by atoms with Crippen LogP contribution in [0.5, 0.6) is 0 Å². The molecular weight excluding hydrogens is 500 g/mol. The van der Waals surface area contributed by atoms with Crippen molar-refractivity contribution in [1.82, 2.24) is 20.4 Å². The molecule has 39 heavy (non-hydrogen) atoms. The van der Waals surface area contributed by atoms with E-state index in [1.807, 2.05) is 37.9 Å². The van der Waals surface area contributed by atoms with Crippen molar-refractivity contribution in [3.05, 3.63) is 64.5 Å². The van der Waals surface area contributed by atoms with Gasteiger partial charge in [-0.25, -0.2) is 15.0 Å². The Morgan fingerprint density at radius 2 is 1.92 bits per heavy atom. The van der Waals surface area contributed by atoms with Gasteiger partial charge in [-0.1, -0.05) is 12.1 Å². The van der Waals surface area contributed by atoms with Gasteiger partial charge in [-0.3, -0.25) is 10.2 Å². The van der Waals surface area contributed by atoms with Gasteiger partial charge in [0, 0.05) is 13.1 Å². The quantitative estimate of drug-likeness (QED) is 0.492. The fourth-order valence-electron chi connectivity index (χ4n) is 4.75. The van der Waals surface area contributed by atoms with Crippen LogP contribution >= 0.6 is 0 Å². The molecule has 2 atom stereocenters. The molecular formula is C28H34N6O5. The van der Waals surface area contributed by atoms with E-state index in [0.717, 1.165) is 24.0 Å². The summed E-state index contributed by atoms with van der Waals surface area (Å²) in [5, 5.41) is 14.8. The number of ether oxygens (including phenoxy) is 4. The maximum absolute atomic E-state index is 13.7. The Bertz CT molecular complexity index is 1290. The number of amides is 1. The molecule has 0 radical (unpaired) electrons. The number of hydrogen-bond donors (Lipinski definition) is 2. The van der Waals surface area contributed by atoms with Crippen LogP contribution in [-0.2, 0) is 23.7 Å². The summed E-state index contributed by atoms with van der Waals surface area (Å²) >= 11 is 0. The van der Waals surface area contributed by atoms with Gasteiger partial charge in [0.1, 0.15) is 24.2 Å².